The van der Waals surface area contributed by atoms with Crippen molar-refractivity contribution in [3.8, 4) is 0 Å². The van der Waals surface area contributed by atoms with Gasteiger partial charge in [-0.15, -0.1) is 0 Å². The molecule has 2 aromatic carbocycles. The number of piperazine rings is 1. The molecule has 0 atom stereocenters. The monoisotopic (exact) mass is 457 g/mol. The van der Waals surface area contributed by atoms with Gasteiger partial charge in [0.25, 0.3) is 0 Å². The first-order valence-corrected chi connectivity index (χ1v) is 13.0. The van der Waals surface area contributed by atoms with Gasteiger partial charge in [-0.2, -0.15) is 0 Å². The Morgan fingerprint density at radius 2 is 1.74 bits per heavy atom. The molecule has 3 aromatic rings. The highest BCUT2D eigenvalue weighted by Gasteiger charge is 2.24. The average molecular weight is 458 g/mol. The fourth-order valence-electron chi connectivity index (χ4n) is 3.79. The zero-order valence-corrected chi connectivity index (χ0v) is 19.5. The molecule has 8 heteroatoms. The van der Waals surface area contributed by atoms with Gasteiger partial charge in [0.05, 0.1) is 20.9 Å². The molecule has 0 radical (unpaired) electrons. The highest BCUT2D eigenvalue weighted by molar-refractivity contribution is 7.91. The summed E-state index contributed by atoms with van der Waals surface area (Å²) in [6.45, 7) is 6.75. The highest BCUT2D eigenvalue weighted by Crippen LogP contribution is 2.31. The molecule has 164 valence electrons. The first-order valence-electron chi connectivity index (χ1n) is 10.5. The molecular weight excluding hydrogens is 430 g/mol. The number of aromatic nitrogens is 1. The predicted octanol–water partition coefficient (Wildman–Crippen LogP) is 3.82. The standard InChI is InChI=1S/C23H27N3O3S2/c1-17-8-10-19(11-9-17)31(28,29)16-4-7-21(27)25-12-14-26(15-13-25)23-24-22-18(2)5-3-6-20(22)30-23/h3,5-6,8-11H,4,7,12-16H2,1-2H3. The first-order chi connectivity index (χ1) is 14.8. The van der Waals surface area contributed by atoms with E-state index in [2.05, 4.69) is 30.0 Å². The van der Waals surface area contributed by atoms with Crippen LogP contribution in [0.5, 0.6) is 0 Å². The van der Waals surface area contributed by atoms with E-state index in [1.807, 2.05) is 11.8 Å². The van der Waals surface area contributed by atoms with Crippen molar-refractivity contribution in [3.63, 3.8) is 0 Å². The van der Waals surface area contributed by atoms with E-state index in [1.165, 1.54) is 10.3 Å². The number of thiazole rings is 1. The van der Waals surface area contributed by atoms with Gasteiger partial charge in [-0.25, -0.2) is 13.4 Å². The fourth-order valence-corrected chi connectivity index (χ4v) is 6.20. The number of hydrogen-bond acceptors (Lipinski definition) is 6. The number of rotatable bonds is 6. The summed E-state index contributed by atoms with van der Waals surface area (Å²) >= 11 is 1.69. The van der Waals surface area contributed by atoms with E-state index in [9.17, 15) is 13.2 Å². The lowest BCUT2D eigenvalue weighted by molar-refractivity contribution is -0.131. The second-order valence-corrected chi connectivity index (χ2v) is 11.1. The summed E-state index contributed by atoms with van der Waals surface area (Å²) in [7, 11) is -3.35. The summed E-state index contributed by atoms with van der Waals surface area (Å²) in [5, 5.41) is 1.00. The first kappa shape index (κ1) is 21.8. The summed E-state index contributed by atoms with van der Waals surface area (Å²) in [6.07, 6.45) is 0.595. The van der Waals surface area contributed by atoms with Crippen LogP contribution in [0.15, 0.2) is 47.4 Å². The molecule has 0 unspecified atom stereocenters. The Labute approximate surface area is 187 Å². The van der Waals surface area contributed by atoms with Gasteiger partial charge in [0.2, 0.25) is 5.91 Å². The smallest absolute Gasteiger partial charge is 0.222 e. The molecule has 1 saturated heterocycles. The van der Waals surface area contributed by atoms with Gasteiger partial charge in [-0.3, -0.25) is 4.79 Å². The van der Waals surface area contributed by atoms with Crippen LogP contribution in [-0.4, -0.2) is 56.1 Å². The van der Waals surface area contributed by atoms with Crippen LogP contribution in [0.3, 0.4) is 0 Å². The lowest BCUT2D eigenvalue weighted by Crippen LogP contribution is -2.48. The van der Waals surface area contributed by atoms with Crippen LogP contribution in [0, 0.1) is 13.8 Å². The Hall–Kier alpha value is -2.45. The lowest BCUT2D eigenvalue weighted by atomic mass is 10.2. The minimum absolute atomic E-state index is 0.00712. The maximum Gasteiger partial charge on any atom is 0.222 e. The SMILES string of the molecule is Cc1ccc(S(=O)(=O)CCCC(=O)N2CCN(c3nc4c(C)cccc4s3)CC2)cc1. The minimum atomic E-state index is -3.35. The highest BCUT2D eigenvalue weighted by atomic mass is 32.2. The Morgan fingerprint density at radius 3 is 2.42 bits per heavy atom. The van der Waals surface area contributed by atoms with Gasteiger partial charge in [0, 0.05) is 32.6 Å². The Kier molecular flexibility index (Phi) is 6.29. The van der Waals surface area contributed by atoms with Gasteiger partial charge in [-0.1, -0.05) is 41.2 Å². The number of carbonyl (C=O) groups excluding carboxylic acids is 1. The van der Waals surface area contributed by atoms with Gasteiger partial charge < -0.3 is 9.80 Å². The second-order valence-electron chi connectivity index (χ2n) is 8.02. The van der Waals surface area contributed by atoms with E-state index in [4.69, 9.17) is 4.98 Å². The van der Waals surface area contributed by atoms with Gasteiger partial charge in [-0.05, 0) is 44.0 Å². The van der Waals surface area contributed by atoms with Crippen molar-refractivity contribution in [3.05, 3.63) is 53.6 Å². The number of hydrogen-bond donors (Lipinski definition) is 0. The van der Waals surface area contributed by atoms with Crippen molar-refractivity contribution in [2.45, 2.75) is 31.6 Å². The molecule has 0 N–H and O–H groups in total. The fraction of sp³-hybridized carbons (Fsp3) is 0.391. The molecule has 0 aliphatic carbocycles. The molecule has 0 spiro atoms. The van der Waals surface area contributed by atoms with E-state index in [1.54, 1.807) is 35.6 Å². The molecule has 1 aliphatic heterocycles. The van der Waals surface area contributed by atoms with Crippen LogP contribution < -0.4 is 4.90 Å². The van der Waals surface area contributed by atoms with Crippen LogP contribution in [0.4, 0.5) is 5.13 Å². The van der Waals surface area contributed by atoms with E-state index in [-0.39, 0.29) is 18.1 Å². The van der Waals surface area contributed by atoms with Crippen molar-refractivity contribution < 1.29 is 13.2 Å². The largest absolute Gasteiger partial charge is 0.345 e. The lowest BCUT2D eigenvalue weighted by Gasteiger charge is -2.34. The zero-order valence-electron chi connectivity index (χ0n) is 17.9. The van der Waals surface area contributed by atoms with Crippen LogP contribution in [0.25, 0.3) is 10.2 Å². The molecule has 2 heterocycles. The molecule has 4 rings (SSSR count). The Bertz CT molecular complexity index is 1180. The van der Waals surface area contributed by atoms with E-state index >= 15 is 0 Å². The van der Waals surface area contributed by atoms with Crippen molar-refractivity contribution in [1.82, 2.24) is 9.88 Å². The summed E-state index contributed by atoms with van der Waals surface area (Å²) in [4.78, 5) is 21.8. The zero-order chi connectivity index (χ0) is 22.0. The number of sulfone groups is 1. The molecule has 1 fully saturated rings. The summed E-state index contributed by atoms with van der Waals surface area (Å²) < 4.78 is 26.1. The van der Waals surface area contributed by atoms with E-state index in [0.29, 0.717) is 24.4 Å². The molecule has 0 bridgehead atoms. The van der Waals surface area contributed by atoms with Gasteiger partial charge in [0.1, 0.15) is 0 Å². The third kappa shape index (κ3) is 4.91. The topological polar surface area (TPSA) is 70.6 Å². The van der Waals surface area contributed by atoms with Crippen LogP contribution in [0.2, 0.25) is 0 Å². The number of para-hydroxylation sites is 1. The average Bonchev–Trinajstić information content (AvgIpc) is 3.20. The van der Waals surface area contributed by atoms with E-state index in [0.717, 1.165) is 29.3 Å². The van der Waals surface area contributed by atoms with Crippen molar-refractivity contribution in [1.29, 1.82) is 0 Å². The Morgan fingerprint density at radius 1 is 1.03 bits per heavy atom. The number of anilines is 1. The number of nitrogens with zero attached hydrogens (tertiary/aromatic N) is 3. The minimum Gasteiger partial charge on any atom is -0.345 e. The van der Waals surface area contributed by atoms with E-state index < -0.39 is 9.84 Å². The number of aryl methyl sites for hydroxylation is 2. The number of benzene rings is 2. The van der Waals surface area contributed by atoms with Crippen molar-refractivity contribution >= 4 is 42.4 Å². The maximum atomic E-state index is 12.6. The predicted molar refractivity (Wildman–Crippen MR) is 126 cm³/mol. The Balaban J connectivity index is 1.28. The third-order valence-electron chi connectivity index (χ3n) is 5.70. The number of fused-ring (bicyclic) bond motifs is 1. The van der Waals surface area contributed by atoms with Crippen molar-refractivity contribution in [2.24, 2.45) is 0 Å². The van der Waals surface area contributed by atoms with Crippen molar-refractivity contribution in [2.75, 3.05) is 36.8 Å². The third-order valence-corrected chi connectivity index (χ3v) is 8.59. The summed E-state index contributed by atoms with van der Waals surface area (Å²) in [5.74, 6) is 0.0196. The number of amides is 1. The molecule has 0 saturated carbocycles. The molecule has 6 nitrogen and oxygen atoms in total. The maximum absolute atomic E-state index is 12.6. The molecule has 1 amide bonds. The van der Waals surface area contributed by atoms with Gasteiger partial charge in [0.15, 0.2) is 15.0 Å². The molecular formula is C23H27N3O3S2. The molecule has 31 heavy (non-hydrogen) atoms. The normalized spacial score (nSPS) is 14.9. The van der Waals surface area contributed by atoms with Crippen LogP contribution in [0.1, 0.15) is 24.0 Å². The van der Waals surface area contributed by atoms with Gasteiger partial charge >= 0.3 is 0 Å². The second kappa shape index (κ2) is 8.96. The van der Waals surface area contributed by atoms with Crippen LogP contribution >= 0.6 is 11.3 Å². The molecule has 1 aliphatic rings. The number of carbonyl (C=O) groups is 1. The summed E-state index contributed by atoms with van der Waals surface area (Å²) in [5.41, 5.74) is 3.25. The molecule has 1 aromatic heterocycles. The quantitative estimate of drug-likeness (QED) is 0.563. The summed E-state index contributed by atoms with van der Waals surface area (Å²) in [6, 6.07) is 13.1. The van der Waals surface area contributed by atoms with Crippen LogP contribution in [-0.2, 0) is 14.6 Å².